The molecule has 1 amide bonds. The van der Waals surface area contributed by atoms with Gasteiger partial charge in [-0.3, -0.25) is 9.89 Å². The van der Waals surface area contributed by atoms with Crippen molar-refractivity contribution in [1.82, 2.24) is 20.1 Å². The molecule has 2 aromatic heterocycles. The first kappa shape index (κ1) is 11.4. The van der Waals surface area contributed by atoms with Gasteiger partial charge in [-0.05, 0) is 25.3 Å². The molecule has 1 aliphatic heterocycles. The van der Waals surface area contributed by atoms with Gasteiger partial charge in [0.05, 0.1) is 23.4 Å². The molecule has 0 saturated carbocycles. The van der Waals surface area contributed by atoms with Gasteiger partial charge in [0.2, 0.25) is 0 Å². The third-order valence-electron chi connectivity index (χ3n) is 3.37. The van der Waals surface area contributed by atoms with Gasteiger partial charge >= 0.3 is 0 Å². The molecule has 3 rings (SSSR count). The Morgan fingerprint density at radius 1 is 1.61 bits per heavy atom. The van der Waals surface area contributed by atoms with Gasteiger partial charge in [-0.2, -0.15) is 5.10 Å². The third-order valence-corrected chi connectivity index (χ3v) is 3.95. The molecule has 94 valence electrons. The lowest BCUT2D eigenvalue weighted by Gasteiger charge is -2.23. The smallest absolute Gasteiger partial charge is 0.273 e. The van der Waals surface area contributed by atoms with Crippen LogP contribution in [0.1, 0.15) is 40.6 Å². The van der Waals surface area contributed by atoms with E-state index in [1.807, 2.05) is 11.8 Å². The van der Waals surface area contributed by atoms with Crippen molar-refractivity contribution in [2.45, 2.75) is 25.8 Å². The zero-order valence-electron chi connectivity index (χ0n) is 10.1. The third kappa shape index (κ3) is 1.82. The van der Waals surface area contributed by atoms with E-state index in [0.717, 1.165) is 30.6 Å². The van der Waals surface area contributed by atoms with E-state index in [9.17, 15) is 4.79 Å². The lowest BCUT2D eigenvalue weighted by molar-refractivity contribution is 0.0727. The maximum atomic E-state index is 12.4. The van der Waals surface area contributed by atoms with Gasteiger partial charge in [0.1, 0.15) is 5.69 Å². The first-order valence-electron chi connectivity index (χ1n) is 5.96. The number of thiazole rings is 1. The largest absolute Gasteiger partial charge is 0.329 e. The molecule has 1 atom stereocenters. The summed E-state index contributed by atoms with van der Waals surface area (Å²) in [6, 6.07) is 0.113. The van der Waals surface area contributed by atoms with Gasteiger partial charge in [0.25, 0.3) is 5.91 Å². The number of hydrogen-bond acceptors (Lipinski definition) is 4. The summed E-state index contributed by atoms with van der Waals surface area (Å²) in [6.07, 6.45) is 3.82. The van der Waals surface area contributed by atoms with Crippen molar-refractivity contribution >= 4 is 17.2 Å². The molecule has 3 heterocycles. The molecule has 0 radical (unpaired) electrons. The van der Waals surface area contributed by atoms with Crippen LogP contribution in [0.2, 0.25) is 0 Å². The van der Waals surface area contributed by atoms with E-state index in [1.165, 1.54) is 11.3 Å². The van der Waals surface area contributed by atoms with Gasteiger partial charge < -0.3 is 4.90 Å². The van der Waals surface area contributed by atoms with Crippen molar-refractivity contribution in [1.29, 1.82) is 0 Å². The number of aryl methyl sites for hydroxylation is 1. The molecule has 2 aromatic rings. The minimum absolute atomic E-state index is 0.0211. The maximum Gasteiger partial charge on any atom is 0.273 e. The Kier molecular flexibility index (Phi) is 2.87. The number of nitrogens with zero attached hydrogens (tertiary/aromatic N) is 3. The van der Waals surface area contributed by atoms with E-state index >= 15 is 0 Å². The highest BCUT2D eigenvalue weighted by atomic mass is 32.1. The Labute approximate surface area is 109 Å². The fourth-order valence-corrected chi connectivity index (χ4v) is 2.99. The number of aromatic nitrogens is 3. The Morgan fingerprint density at radius 3 is 3.17 bits per heavy atom. The summed E-state index contributed by atoms with van der Waals surface area (Å²) in [5.74, 6) is 0.0211. The van der Waals surface area contributed by atoms with Crippen LogP contribution in [0, 0.1) is 6.92 Å². The van der Waals surface area contributed by atoms with E-state index in [2.05, 4.69) is 15.2 Å². The van der Waals surface area contributed by atoms with Gasteiger partial charge in [-0.15, -0.1) is 11.3 Å². The predicted octanol–water partition coefficient (Wildman–Crippen LogP) is 2.15. The average Bonchev–Trinajstić information content (AvgIpc) is 3.09. The van der Waals surface area contributed by atoms with E-state index in [0.29, 0.717) is 5.69 Å². The van der Waals surface area contributed by atoms with Crippen LogP contribution in [0.3, 0.4) is 0 Å². The highest BCUT2D eigenvalue weighted by Gasteiger charge is 2.33. The van der Waals surface area contributed by atoms with Crippen molar-refractivity contribution < 1.29 is 4.79 Å². The van der Waals surface area contributed by atoms with Gasteiger partial charge in [-0.1, -0.05) is 0 Å². The molecule has 1 fully saturated rings. The number of aromatic amines is 1. The summed E-state index contributed by atoms with van der Waals surface area (Å²) < 4.78 is 0. The summed E-state index contributed by atoms with van der Waals surface area (Å²) in [7, 11) is 0. The van der Waals surface area contributed by atoms with Crippen molar-refractivity contribution in [2.75, 3.05) is 6.54 Å². The van der Waals surface area contributed by atoms with Gasteiger partial charge in [-0.25, -0.2) is 4.98 Å². The molecular weight excluding hydrogens is 248 g/mol. The number of likely N-dealkylation sites (tertiary alicyclic amines) is 1. The molecule has 5 nitrogen and oxygen atoms in total. The van der Waals surface area contributed by atoms with Crippen LogP contribution in [-0.4, -0.2) is 32.5 Å². The first-order chi connectivity index (χ1) is 8.77. The number of carbonyl (C=O) groups excluding carboxylic acids is 1. The van der Waals surface area contributed by atoms with Gasteiger partial charge in [0.15, 0.2) is 0 Å². The quantitative estimate of drug-likeness (QED) is 0.902. The fourth-order valence-electron chi connectivity index (χ4n) is 2.47. The molecule has 1 N–H and O–H groups in total. The van der Waals surface area contributed by atoms with Crippen molar-refractivity contribution in [3.63, 3.8) is 0 Å². The second-order valence-corrected chi connectivity index (χ2v) is 5.22. The predicted molar refractivity (Wildman–Crippen MR) is 68.5 cm³/mol. The molecule has 1 aliphatic rings. The van der Waals surface area contributed by atoms with Crippen LogP contribution in [0.4, 0.5) is 0 Å². The van der Waals surface area contributed by atoms with Crippen LogP contribution in [0.15, 0.2) is 17.1 Å². The van der Waals surface area contributed by atoms with E-state index in [-0.39, 0.29) is 11.9 Å². The molecule has 1 saturated heterocycles. The number of rotatable bonds is 2. The summed E-state index contributed by atoms with van der Waals surface area (Å²) in [5.41, 5.74) is 4.40. The van der Waals surface area contributed by atoms with E-state index < -0.39 is 0 Å². The van der Waals surface area contributed by atoms with E-state index in [1.54, 1.807) is 17.1 Å². The number of H-pyrrole nitrogens is 1. The zero-order valence-corrected chi connectivity index (χ0v) is 10.9. The number of carbonyl (C=O) groups is 1. The van der Waals surface area contributed by atoms with Crippen LogP contribution >= 0.6 is 11.3 Å². The molecule has 0 spiro atoms. The second kappa shape index (κ2) is 4.53. The normalized spacial score (nSPS) is 19.4. The molecule has 0 bridgehead atoms. The van der Waals surface area contributed by atoms with Crippen molar-refractivity contribution in [3.05, 3.63) is 34.0 Å². The first-order valence-corrected chi connectivity index (χ1v) is 6.90. The Hall–Kier alpha value is -1.69. The topological polar surface area (TPSA) is 61.9 Å². The van der Waals surface area contributed by atoms with Crippen LogP contribution < -0.4 is 0 Å². The summed E-state index contributed by atoms with van der Waals surface area (Å²) in [5, 5.41) is 8.87. The lowest BCUT2D eigenvalue weighted by atomic mass is 10.1. The average molecular weight is 262 g/mol. The molecule has 0 unspecified atom stereocenters. The van der Waals surface area contributed by atoms with Crippen LogP contribution in [0.5, 0.6) is 0 Å². The standard InChI is InChI=1S/C12H14N4OS/c1-8-5-14-15-11(8)10-3-2-4-16(10)12(17)9-6-18-7-13-9/h5-7,10H,2-4H2,1H3,(H,14,15)/t10-/m0/s1. The fraction of sp³-hybridized carbons (Fsp3) is 0.417. The summed E-state index contributed by atoms with van der Waals surface area (Å²) in [6.45, 7) is 2.81. The van der Waals surface area contributed by atoms with Crippen LogP contribution in [0.25, 0.3) is 0 Å². The molecule has 18 heavy (non-hydrogen) atoms. The summed E-state index contributed by atoms with van der Waals surface area (Å²) in [4.78, 5) is 18.4. The zero-order chi connectivity index (χ0) is 12.5. The van der Waals surface area contributed by atoms with Crippen LogP contribution in [-0.2, 0) is 0 Å². The number of hydrogen-bond donors (Lipinski definition) is 1. The highest BCUT2D eigenvalue weighted by Crippen LogP contribution is 2.33. The number of nitrogens with one attached hydrogen (secondary N) is 1. The minimum atomic E-state index is 0.0211. The molecular formula is C12H14N4OS. The second-order valence-electron chi connectivity index (χ2n) is 4.50. The van der Waals surface area contributed by atoms with Crippen molar-refractivity contribution in [2.24, 2.45) is 0 Å². The Balaban J connectivity index is 1.88. The van der Waals surface area contributed by atoms with Gasteiger partial charge in [0, 0.05) is 11.9 Å². The molecule has 6 heteroatoms. The van der Waals surface area contributed by atoms with E-state index in [4.69, 9.17) is 0 Å². The summed E-state index contributed by atoms with van der Waals surface area (Å²) >= 11 is 1.45. The van der Waals surface area contributed by atoms with Crippen molar-refractivity contribution in [3.8, 4) is 0 Å². The highest BCUT2D eigenvalue weighted by molar-refractivity contribution is 7.07. The minimum Gasteiger partial charge on any atom is -0.329 e. The lowest BCUT2D eigenvalue weighted by Crippen LogP contribution is -2.31. The molecule has 0 aliphatic carbocycles. The SMILES string of the molecule is Cc1cn[nH]c1[C@@H]1CCCN1C(=O)c1cscn1. The maximum absolute atomic E-state index is 12.4. The monoisotopic (exact) mass is 262 g/mol. The number of amides is 1. The molecule has 0 aromatic carbocycles. The Bertz CT molecular complexity index is 548. The Morgan fingerprint density at radius 2 is 2.50 bits per heavy atom.